The van der Waals surface area contributed by atoms with E-state index < -0.39 is 0 Å². The summed E-state index contributed by atoms with van der Waals surface area (Å²) in [5.41, 5.74) is 3.94. The summed E-state index contributed by atoms with van der Waals surface area (Å²) in [5, 5.41) is 3.02. The van der Waals surface area contributed by atoms with Gasteiger partial charge in [0.25, 0.3) is 0 Å². The summed E-state index contributed by atoms with van der Waals surface area (Å²) in [6.07, 6.45) is 3.16. The van der Waals surface area contributed by atoms with E-state index in [1.54, 1.807) is 18.2 Å². The third-order valence-electron chi connectivity index (χ3n) is 3.92. The molecule has 0 atom stereocenters. The highest BCUT2D eigenvalue weighted by molar-refractivity contribution is 6.03. The molecule has 126 valence electrons. The summed E-state index contributed by atoms with van der Waals surface area (Å²) in [5.74, 6) is 0.165. The zero-order chi connectivity index (χ0) is 17.7. The SMILES string of the molecule is CC(C)c1cccc(C(C)C)c1NC(=O)C=Cc1ccc(F)cc1. The fraction of sp³-hybridized carbons (Fsp3) is 0.286. The highest BCUT2D eigenvalue weighted by Crippen LogP contribution is 2.32. The van der Waals surface area contributed by atoms with Crippen LogP contribution < -0.4 is 5.32 Å². The van der Waals surface area contributed by atoms with E-state index in [2.05, 4.69) is 45.1 Å². The number of benzene rings is 2. The zero-order valence-corrected chi connectivity index (χ0v) is 14.6. The number of hydrogen-bond donors (Lipinski definition) is 1. The molecule has 2 nitrogen and oxygen atoms in total. The Balaban J connectivity index is 2.23. The molecule has 0 bridgehead atoms. The number of carbonyl (C=O) groups excluding carboxylic acids is 1. The Morgan fingerprint density at radius 2 is 1.50 bits per heavy atom. The molecule has 24 heavy (non-hydrogen) atoms. The largest absolute Gasteiger partial charge is 0.322 e. The molecule has 0 aromatic heterocycles. The van der Waals surface area contributed by atoms with E-state index in [9.17, 15) is 9.18 Å². The minimum absolute atomic E-state index is 0.186. The normalized spacial score (nSPS) is 11.5. The van der Waals surface area contributed by atoms with Crippen LogP contribution in [0.4, 0.5) is 10.1 Å². The summed E-state index contributed by atoms with van der Waals surface area (Å²) in [4.78, 5) is 12.3. The number of carbonyl (C=O) groups is 1. The standard InChI is InChI=1S/C21H24FNO/c1-14(2)18-6-5-7-19(15(3)4)21(18)23-20(24)13-10-16-8-11-17(22)12-9-16/h5-15H,1-4H3,(H,23,24). The van der Waals surface area contributed by atoms with Gasteiger partial charge in [-0.25, -0.2) is 4.39 Å². The van der Waals surface area contributed by atoms with E-state index in [0.29, 0.717) is 11.8 Å². The molecule has 0 aliphatic rings. The molecule has 1 N–H and O–H groups in total. The first-order valence-corrected chi connectivity index (χ1v) is 8.26. The van der Waals surface area contributed by atoms with Crippen molar-refractivity contribution in [2.45, 2.75) is 39.5 Å². The first-order valence-electron chi connectivity index (χ1n) is 8.26. The van der Waals surface area contributed by atoms with Crippen molar-refractivity contribution in [3.63, 3.8) is 0 Å². The number of para-hydroxylation sites is 1. The van der Waals surface area contributed by atoms with Crippen molar-refractivity contribution in [3.8, 4) is 0 Å². The monoisotopic (exact) mass is 325 g/mol. The minimum Gasteiger partial charge on any atom is -0.322 e. The van der Waals surface area contributed by atoms with Crippen LogP contribution >= 0.6 is 0 Å². The topological polar surface area (TPSA) is 29.1 Å². The average molecular weight is 325 g/mol. The third-order valence-corrected chi connectivity index (χ3v) is 3.92. The van der Waals surface area contributed by atoms with Crippen molar-refractivity contribution in [3.05, 3.63) is 71.0 Å². The number of amides is 1. The smallest absolute Gasteiger partial charge is 0.248 e. The first-order chi connectivity index (χ1) is 11.4. The van der Waals surface area contributed by atoms with Gasteiger partial charge in [0.2, 0.25) is 5.91 Å². The van der Waals surface area contributed by atoms with Gasteiger partial charge >= 0.3 is 0 Å². The second kappa shape index (κ2) is 7.91. The molecular formula is C21H24FNO. The number of halogens is 1. The Bertz CT molecular complexity index is 704. The van der Waals surface area contributed by atoms with E-state index in [0.717, 1.165) is 22.4 Å². The second-order valence-electron chi connectivity index (χ2n) is 6.50. The lowest BCUT2D eigenvalue weighted by Crippen LogP contribution is -2.13. The minimum atomic E-state index is -0.288. The van der Waals surface area contributed by atoms with Gasteiger partial charge in [0.15, 0.2) is 0 Å². The van der Waals surface area contributed by atoms with E-state index in [1.165, 1.54) is 18.2 Å². The van der Waals surface area contributed by atoms with Crippen LogP contribution in [0.15, 0.2) is 48.5 Å². The fourth-order valence-corrected chi connectivity index (χ4v) is 2.61. The summed E-state index contributed by atoms with van der Waals surface area (Å²) >= 11 is 0. The van der Waals surface area contributed by atoms with E-state index in [1.807, 2.05) is 6.07 Å². The number of nitrogens with one attached hydrogen (secondary N) is 1. The Kier molecular flexibility index (Phi) is 5.91. The molecular weight excluding hydrogens is 301 g/mol. The van der Waals surface area contributed by atoms with Crippen LogP contribution in [-0.4, -0.2) is 5.91 Å². The van der Waals surface area contributed by atoms with Gasteiger partial charge < -0.3 is 5.32 Å². The van der Waals surface area contributed by atoms with Crippen LogP contribution in [0.2, 0.25) is 0 Å². The van der Waals surface area contributed by atoms with E-state index in [4.69, 9.17) is 0 Å². The molecule has 0 spiro atoms. The summed E-state index contributed by atoms with van der Waals surface area (Å²) in [7, 11) is 0. The van der Waals surface area contributed by atoms with Crippen molar-refractivity contribution in [1.82, 2.24) is 0 Å². The van der Waals surface area contributed by atoms with Gasteiger partial charge in [-0.2, -0.15) is 0 Å². The van der Waals surface area contributed by atoms with Gasteiger partial charge in [-0.05, 0) is 46.7 Å². The van der Waals surface area contributed by atoms with Crippen molar-refractivity contribution >= 4 is 17.7 Å². The maximum atomic E-state index is 12.9. The van der Waals surface area contributed by atoms with Crippen molar-refractivity contribution < 1.29 is 9.18 Å². The maximum Gasteiger partial charge on any atom is 0.248 e. The lowest BCUT2D eigenvalue weighted by atomic mass is 9.92. The molecule has 0 saturated carbocycles. The summed E-state index contributed by atoms with van der Waals surface area (Å²) in [6.45, 7) is 8.46. The molecule has 0 heterocycles. The van der Waals surface area contributed by atoms with E-state index in [-0.39, 0.29) is 11.7 Å². The zero-order valence-electron chi connectivity index (χ0n) is 14.6. The Hall–Kier alpha value is -2.42. The van der Waals surface area contributed by atoms with Gasteiger partial charge in [0.1, 0.15) is 5.82 Å². The molecule has 2 aromatic carbocycles. The van der Waals surface area contributed by atoms with Crippen LogP contribution in [0.3, 0.4) is 0 Å². The van der Waals surface area contributed by atoms with Crippen LogP contribution in [0, 0.1) is 5.82 Å². The highest BCUT2D eigenvalue weighted by atomic mass is 19.1. The lowest BCUT2D eigenvalue weighted by Gasteiger charge is -2.19. The Morgan fingerprint density at radius 1 is 0.958 bits per heavy atom. The predicted molar refractivity (Wildman–Crippen MR) is 98.7 cm³/mol. The third kappa shape index (κ3) is 4.54. The second-order valence-corrected chi connectivity index (χ2v) is 6.50. The highest BCUT2D eigenvalue weighted by Gasteiger charge is 2.14. The molecule has 2 aromatic rings. The first kappa shape index (κ1) is 17.9. The molecule has 0 aliphatic carbocycles. The molecule has 0 saturated heterocycles. The average Bonchev–Trinajstić information content (AvgIpc) is 2.54. The molecule has 0 fully saturated rings. The van der Waals surface area contributed by atoms with Gasteiger partial charge in [-0.1, -0.05) is 58.0 Å². The van der Waals surface area contributed by atoms with Crippen molar-refractivity contribution in [2.75, 3.05) is 5.32 Å². The van der Waals surface area contributed by atoms with Crippen LogP contribution in [0.25, 0.3) is 6.08 Å². The summed E-state index contributed by atoms with van der Waals surface area (Å²) < 4.78 is 12.9. The number of rotatable bonds is 5. The Morgan fingerprint density at radius 3 is 2.00 bits per heavy atom. The van der Waals surface area contributed by atoms with Gasteiger partial charge in [-0.15, -0.1) is 0 Å². The quantitative estimate of drug-likeness (QED) is 0.699. The van der Waals surface area contributed by atoms with E-state index >= 15 is 0 Å². The van der Waals surface area contributed by atoms with Gasteiger partial charge in [-0.3, -0.25) is 4.79 Å². The molecule has 0 aliphatic heterocycles. The fourth-order valence-electron chi connectivity index (χ4n) is 2.61. The number of hydrogen-bond acceptors (Lipinski definition) is 1. The van der Waals surface area contributed by atoms with Crippen LogP contribution in [0.1, 0.15) is 56.2 Å². The van der Waals surface area contributed by atoms with Crippen molar-refractivity contribution in [2.24, 2.45) is 0 Å². The molecule has 2 rings (SSSR count). The van der Waals surface area contributed by atoms with Crippen LogP contribution in [0.5, 0.6) is 0 Å². The lowest BCUT2D eigenvalue weighted by molar-refractivity contribution is -0.111. The van der Waals surface area contributed by atoms with Gasteiger partial charge in [0, 0.05) is 11.8 Å². The van der Waals surface area contributed by atoms with Crippen molar-refractivity contribution in [1.29, 1.82) is 0 Å². The molecule has 1 amide bonds. The number of anilines is 1. The molecule has 0 radical (unpaired) electrons. The molecule has 3 heteroatoms. The summed E-state index contributed by atoms with van der Waals surface area (Å²) in [6, 6.07) is 12.2. The van der Waals surface area contributed by atoms with Gasteiger partial charge in [0.05, 0.1) is 0 Å². The van der Waals surface area contributed by atoms with Crippen LogP contribution in [-0.2, 0) is 4.79 Å². The molecule has 0 unspecified atom stereocenters. The maximum absolute atomic E-state index is 12.9. The predicted octanol–water partition coefficient (Wildman–Crippen LogP) is 5.72. The Labute approximate surface area is 143 Å².